The number of hydrogen-bond acceptors (Lipinski definition) is 6. The van der Waals surface area contributed by atoms with Gasteiger partial charge in [-0.25, -0.2) is 0 Å². The SMILES string of the molecule is CNc1c(COCCOCCCOC)cccc1[N+](=O)[O-]. The normalized spacial score (nSPS) is 10.6. The number of methoxy groups -OCH3 is 1. The predicted molar refractivity (Wildman–Crippen MR) is 79.6 cm³/mol. The Kier molecular flexibility index (Phi) is 8.34. The third kappa shape index (κ3) is 6.07. The van der Waals surface area contributed by atoms with Gasteiger partial charge >= 0.3 is 0 Å². The molecule has 0 spiro atoms. The molecule has 0 aliphatic heterocycles. The molecule has 0 aliphatic carbocycles. The summed E-state index contributed by atoms with van der Waals surface area (Å²) in [5, 5.41) is 13.8. The summed E-state index contributed by atoms with van der Waals surface area (Å²) in [7, 11) is 3.31. The van der Waals surface area contributed by atoms with Crippen LogP contribution >= 0.6 is 0 Å². The second-order valence-corrected chi connectivity index (χ2v) is 4.33. The van der Waals surface area contributed by atoms with Gasteiger partial charge in [0.2, 0.25) is 0 Å². The molecule has 0 saturated heterocycles. The van der Waals surface area contributed by atoms with Gasteiger partial charge in [-0.1, -0.05) is 12.1 Å². The zero-order valence-electron chi connectivity index (χ0n) is 12.5. The molecule has 118 valence electrons. The highest BCUT2D eigenvalue weighted by molar-refractivity contribution is 5.65. The van der Waals surface area contributed by atoms with Crippen LogP contribution < -0.4 is 5.32 Å². The van der Waals surface area contributed by atoms with E-state index < -0.39 is 4.92 Å². The van der Waals surface area contributed by atoms with E-state index in [1.54, 1.807) is 26.3 Å². The van der Waals surface area contributed by atoms with Crippen molar-refractivity contribution < 1.29 is 19.1 Å². The van der Waals surface area contributed by atoms with Crippen molar-refractivity contribution in [1.29, 1.82) is 0 Å². The van der Waals surface area contributed by atoms with Gasteiger partial charge in [0.1, 0.15) is 5.69 Å². The molecule has 0 fully saturated rings. The first-order valence-corrected chi connectivity index (χ1v) is 6.79. The average molecular weight is 298 g/mol. The van der Waals surface area contributed by atoms with Crippen molar-refractivity contribution in [3.63, 3.8) is 0 Å². The maximum atomic E-state index is 10.9. The van der Waals surface area contributed by atoms with E-state index in [0.717, 1.165) is 12.0 Å². The molecule has 0 heterocycles. The number of rotatable bonds is 11. The largest absolute Gasteiger partial charge is 0.385 e. The molecule has 0 bridgehead atoms. The van der Waals surface area contributed by atoms with Gasteiger partial charge < -0.3 is 19.5 Å². The highest BCUT2D eigenvalue weighted by Gasteiger charge is 2.15. The van der Waals surface area contributed by atoms with E-state index in [1.165, 1.54) is 6.07 Å². The Bertz CT molecular complexity index is 439. The van der Waals surface area contributed by atoms with Gasteiger partial charge in [-0.2, -0.15) is 0 Å². The minimum atomic E-state index is -0.408. The lowest BCUT2D eigenvalue weighted by atomic mass is 10.1. The van der Waals surface area contributed by atoms with Crippen molar-refractivity contribution in [1.82, 2.24) is 0 Å². The van der Waals surface area contributed by atoms with Crippen LogP contribution in [0.2, 0.25) is 0 Å². The van der Waals surface area contributed by atoms with Gasteiger partial charge in [-0.3, -0.25) is 10.1 Å². The van der Waals surface area contributed by atoms with Crippen molar-refractivity contribution in [2.75, 3.05) is 45.9 Å². The van der Waals surface area contributed by atoms with Gasteiger partial charge in [-0.15, -0.1) is 0 Å². The Morgan fingerprint density at radius 3 is 2.62 bits per heavy atom. The van der Waals surface area contributed by atoms with Crippen LogP contribution in [0.15, 0.2) is 18.2 Å². The summed E-state index contributed by atoms with van der Waals surface area (Å²) < 4.78 is 15.8. The van der Waals surface area contributed by atoms with E-state index in [0.29, 0.717) is 38.7 Å². The topological polar surface area (TPSA) is 82.9 Å². The van der Waals surface area contributed by atoms with E-state index in [4.69, 9.17) is 14.2 Å². The Morgan fingerprint density at radius 2 is 1.95 bits per heavy atom. The lowest BCUT2D eigenvalue weighted by Crippen LogP contribution is -2.08. The van der Waals surface area contributed by atoms with Crippen LogP contribution in [0.5, 0.6) is 0 Å². The fourth-order valence-electron chi connectivity index (χ4n) is 1.85. The van der Waals surface area contributed by atoms with Gasteiger partial charge in [0, 0.05) is 39.0 Å². The third-order valence-electron chi connectivity index (χ3n) is 2.84. The van der Waals surface area contributed by atoms with Gasteiger partial charge in [0.15, 0.2) is 0 Å². The fraction of sp³-hybridized carbons (Fsp3) is 0.571. The van der Waals surface area contributed by atoms with Crippen LogP contribution in [0.4, 0.5) is 11.4 Å². The number of anilines is 1. The quantitative estimate of drug-likeness (QED) is 0.383. The van der Waals surface area contributed by atoms with Gasteiger partial charge in [0.05, 0.1) is 24.7 Å². The zero-order valence-corrected chi connectivity index (χ0v) is 12.5. The van der Waals surface area contributed by atoms with Crippen LogP contribution in [0.1, 0.15) is 12.0 Å². The number of nitro benzene ring substituents is 1. The number of para-hydroxylation sites is 1. The molecule has 0 amide bonds. The summed E-state index contributed by atoms with van der Waals surface area (Å²) in [6.45, 7) is 2.56. The molecule has 0 saturated carbocycles. The molecular weight excluding hydrogens is 276 g/mol. The third-order valence-corrected chi connectivity index (χ3v) is 2.84. The molecular formula is C14H22N2O5. The van der Waals surface area contributed by atoms with E-state index in [-0.39, 0.29) is 5.69 Å². The fourth-order valence-corrected chi connectivity index (χ4v) is 1.85. The van der Waals surface area contributed by atoms with Crippen LogP contribution in [0.25, 0.3) is 0 Å². The molecule has 1 aromatic carbocycles. The van der Waals surface area contributed by atoms with Crippen molar-refractivity contribution in [2.24, 2.45) is 0 Å². The Morgan fingerprint density at radius 1 is 1.19 bits per heavy atom. The van der Waals surface area contributed by atoms with Gasteiger partial charge in [-0.05, 0) is 6.42 Å². The molecule has 1 N–H and O–H groups in total. The molecule has 0 atom stereocenters. The van der Waals surface area contributed by atoms with Crippen molar-refractivity contribution in [3.05, 3.63) is 33.9 Å². The standard InChI is InChI=1S/C14H22N2O5/c1-15-14-12(5-3-6-13(14)16(17)18)11-21-10-9-20-8-4-7-19-2/h3,5-6,15H,4,7-11H2,1-2H3. The summed E-state index contributed by atoms with van der Waals surface area (Å²) in [5.41, 5.74) is 1.30. The molecule has 1 aromatic rings. The minimum Gasteiger partial charge on any atom is -0.385 e. The maximum Gasteiger partial charge on any atom is 0.292 e. The van der Waals surface area contributed by atoms with Gasteiger partial charge in [0.25, 0.3) is 5.69 Å². The molecule has 1 rings (SSSR count). The average Bonchev–Trinajstić information content (AvgIpc) is 2.49. The number of nitrogens with one attached hydrogen (secondary N) is 1. The van der Waals surface area contributed by atoms with Crippen LogP contribution in [0.3, 0.4) is 0 Å². The van der Waals surface area contributed by atoms with Crippen molar-refractivity contribution in [2.45, 2.75) is 13.0 Å². The van der Waals surface area contributed by atoms with Crippen LogP contribution in [0, 0.1) is 10.1 Å². The number of benzene rings is 1. The molecule has 7 nitrogen and oxygen atoms in total. The first-order chi connectivity index (χ1) is 10.2. The van der Waals surface area contributed by atoms with Crippen molar-refractivity contribution >= 4 is 11.4 Å². The summed E-state index contributed by atoms with van der Waals surface area (Å²) in [5.74, 6) is 0. The van der Waals surface area contributed by atoms with E-state index in [9.17, 15) is 10.1 Å². The van der Waals surface area contributed by atoms with E-state index in [2.05, 4.69) is 5.32 Å². The minimum absolute atomic E-state index is 0.0504. The Hall–Kier alpha value is -1.70. The summed E-state index contributed by atoms with van der Waals surface area (Å²) in [4.78, 5) is 10.5. The second kappa shape index (κ2) is 10.1. The second-order valence-electron chi connectivity index (χ2n) is 4.33. The number of nitrogens with zero attached hydrogens (tertiary/aromatic N) is 1. The molecule has 0 radical (unpaired) electrons. The molecule has 0 unspecified atom stereocenters. The first-order valence-electron chi connectivity index (χ1n) is 6.79. The molecule has 7 heteroatoms. The lowest BCUT2D eigenvalue weighted by Gasteiger charge is -2.10. The summed E-state index contributed by atoms with van der Waals surface area (Å²) >= 11 is 0. The molecule has 0 aliphatic rings. The number of ether oxygens (including phenoxy) is 3. The predicted octanol–water partition coefficient (Wildman–Crippen LogP) is 2.21. The Balaban J connectivity index is 2.35. The van der Waals surface area contributed by atoms with Crippen molar-refractivity contribution in [3.8, 4) is 0 Å². The lowest BCUT2D eigenvalue weighted by molar-refractivity contribution is -0.384. The van der Waals surface area contributed by atoms with E-state index >= 15 is 0 Å². The molecule has 21 heavy (non-hydrogen) atoms. The number of hydrogen-bond donors (Lipinski definition) is 1. The monoisotopic (exact) mass is 298 g/mol. The van der Waals surface area contributed by atoms with E-state index in [1.807, 2.05) is 0 Å². The maximum absolute atomic E-state index is 10.9. The van der Waals surface area contributed by atoms with Crippen LogP contribution in [-0.2, 0) is 20.8 Å². The highest BCUT2D eigenvalue weighted by Crippen LogP contribution is 2.28. The zero-order chi connectivity index (χ0) is 15.5. The molecule has 0 aromatic heterocycles. The Labute approximate surface area is 124 Å². The van der Waals surface area contributed by atoms with Crippen LogP contribution in [-0.4, -0.2) is 45.5 Å². The smallest absolute Gasteiger partial charge is 0.292 e. The summed E-state index contributed by atoms with van der Waals surface area (Å²) in [6.07, 6.45) is 0.852. The highest BCUT2D eigenvalue weighted by atomic mass is 16.6. The number of nitro groups is 1. The first kappa shape index (κ1) is 17.4. The summed E-state index contributed by atoms with van der Waals surface area (Å²) in [6, 6.07) is 4.92.